The number of aryl methyl sites for hydroxylation is 1. The van der Waals surface area contributed by atoms with Crippen LogP contribution in [-0.2, 0) is 0 Å². The second-order valence-electron chi connectivity index (χ2n) is 13.6. The molecule has 0 aliphatic heterocycles. The lowest BCUT2D eigenvalue weighted by Crippen LogP contribution is -2.10. The zero-order valence-electron chi connectivity index (χ0n) is 27.8. The minimum absolute atomic E-state index is 0.278. The van der Waals surface area contributed by atoms with Gasteiger partial charge >= 0.3 is 0 Å². The minimum Gasteiger partial charge on any atom is -0.456 e. The predicted octanol–water partition coefficient (Wildman–Crippen LogP) is 12.7. The third-order valence-electron chi connectivity index (χ3n) is 9.87. The summed E-state index contributed by atoms with van der Waals surface area (Å²) >= 11 is 0. The monoisotopic (exact) mass is 624 g/mol. The molecule has 0 N–H and O–H groups in total. The lowest BCUT2D eigenvalue weighted by atomic mass is 9.88. The average Bonchev–Trinajstić information content (AvgIpc) is 3.79. The number of rotatable bonds is 5. The van der Waals surface area contributed by atoms with Gasteiger partial charge in [0.2, 0.25) is 0 Å². The van der Waals surface area contributed by atoms with Crippen molar-refractivity contribution < 1.29 is 8.83 Å². The van der Waals surface area contributed by atoms with Crippen LogP contribution < -0.4 is 0 Å². The van der Waals surface area contributed by atoms with E-state index in [2.05, 4.69) is 142 Å². The first-order chi connectivity index (χ1) is 23.4. The Morgan fingerprint density at radius 1 is 0.583 bits per heavy atom. The van der Waals surface area contributed by atoms with Crippen molar-refractivity contribution in [2.75, 3.05) is 0 Å². The summed E-state index contributed by atoms with van der Waals surface area (Å²) < 4.78 is 15.6. The molecule has 0 fully saturated rings. The van der Waals surface area contributed by atoms with E-state index >= 15 is 0 Å². The summed E-state index contributed by atoms with van der Waals surface area (Å²) in [5.41, 5.74) is 13.9. The number of aromatic nitrogens is 2. The molecule has 3 heterocycles. The molecule has 0 bridgehead atoms. The molecule has 3 aromatic heterocycles. The number of furan rings is 2. The van der Waals surface area contributed by atoms with E-state index in [1.54, 1.807) is 0 Å². The highest BCUT2D eigenvalue weighted by Gasteiger charge is 2.26. The Kier molecular flexibility index (Phi) is 6.38. The number of hydrogen-bond acceptors (Lipinski definition) is 3. The van der Waals surface area contributed by atoms with Crippen molar-refractivity contribution in [1.29, 1.82) is 0 Å². The number of imidazole rings is 1. The molecule has 4 nitrogen and oxygen atoms in total. The number of fused-ring (bicyclic) bond motifs is 8. The number of nitrogens with zero attached hydrogens (tertiary/aromatic N) is 2. The topological polar surface area (TPSA) is 44.1 Å². The Balaban J connectivity index is 1.40. The Bertz CT molecular complexity index is 2660. The van der Waals surface area contributed by atoms with E-state index in [0.717, 1.165) is 66.3 Å². The van der Waals surface area contributed by atoms with Gasteiger partial charge in [-0.3, -0.25) is 4.57 Å². The molecular formula is C44H36N2O2. The molecule has 0 spiro atoms. The Morgan fingerprint density at radius 2 is 1.27 bits per heavy atom. The van der Waals surface area contributed by atoms with E-state index in [0.29, 0.717) is 0 Å². The molecule has 9 rings (SSSR count). The van der Waals surface area contributed by atoms with Crippen molar-refractivity contribution in [3.05, 3.63) is 132 Å². The highest BCUT2D eigenvalue weighted by Crippen LogP contribution is 2.45. The van der Waals surface area contributed by atoms with Crippen LogP contribution in [0.15, 0.2) is 124 Å². The molecule has 0 unspecified atom stereocenters. The Hall–Kier alpha value is -5.61. The van der Waals surface area contributed by atoms with Gasteiger partial charge in [-0.1, -0.05) is 100 Å². The van der Waals surface area contributed by atoms with Crippen molar-refractivity contribution in [1.82, 2.24) is 9.55 Å². The van der Waals surface area contributed by atoms with Crippen LogP contribution in [0.2, 0.25) is 0 Å². The summed E-state index contributed by atoms with van der Waals surface area (Å²) in [6, 6.07) is 40.7. The van der Waals surface area contributed by atoms with E-state index < -0.39 is 0 Å². The quantitative estimate of drug-likeness (QED) is 0.191. The largest absolute Gasteiger partial charge is 0.456 e. The second kappa shape index (κ2) is 10.7. The molecule has 48 heavy (non-hydrogen) atoms. The van der Waals surface area contributed by atoms with E-state index in [1.807, 2.05) is 12.1 Å². The molecule has 0 amide bonds. The van der Waals surface area contributed by atoms with E-state index in [9.17, 15) is 0 Å². The first-order valence-corrected chi connectivity index (χ1v) is 16.9. The van der Waals surface area contributed by atoms with Crippen LogP contribution in [0.4, 0.5) is 0 Å². The minimum atomic E-state index is 0.278. The van der Waals surface area contributed by atoms with E-state index in [-0.39, 0.29) is 11.8 Å². The SMILES string of the molecule is Cc1cccc2nc(-c3cccc4c3oc3c4ccc4oc5ccccc5c43)n(-c3c(C(C)C)cc(-c4ccccc4)cc3C(C)C)c12. The van der Waals surface area contributed by atoms with Crippen molar-refractivity contribution in [3.8, 4) is 28.2 Å². The van der Waals surface area contributed by atoms with E-state index in [1.165, 1.54) is 33.5 Å². The van der Waals surface area contributed by atoms with Crippen LogP contribution in [0.5, 0.6) is 0 Å². The summed E-state index contributed by atoms with van der Waals surface area (Å²) in [7, 11) is 0. The van der Waals surface area contributed by atoms with Gasteiger partial charge in [-0.15, -0.1) is 0 Å². The Morgan fingerprint density at radius 3 is 2.04 bits per heavy atom. The summed E-state index contributed by atoms with van der Waals surface area (Å²) in [5, 5.41) is 4.21. The average molecular weight is 625 g/mol. The Labute approximate surface area is 279 Å². The molecule has 0 aliphatic rings. The highest BCUT2D eigenvalue weighted by molar-refractivity contribution is 6.23. The van der Waals surface area contributed by atoms with Crippen LogP contribution >= 0.6 is 0 Å². The first kappa shape index (κ1) is 28.6. The van der Waals surface area contributed by atoms with Gasteiger partial charge in [0.25, 0.3) is 0 Å². The van der Waals surface area contributed by atoms with Crippen LogP contribution in [0.3, 0.4) is 0 Å². The smallest absolute Gasteiger partial charge is 0.149 e. The lowest BCUT2D eigenvalue weighted by Gasteiger charge is -2.24. The van der Waals surface area contributed by atoms with Gasteiger partial charge in [-0.05, 0) is 89.0 Å². The maximum atomic E-state index is 6.95. The van der Waals surface area contributed by atoms with Crippen molar-refractivity contribution in [2.24, 2.45) is 0 Å². The number of hydrogen-bond donors (Lipinski definition) is 0. The van der Waals surface area contributed by atoms with Gasteiger partial charge in [0, 0.05) is 16.2 Å². The summed E-state index contributed by atoms with van der Waals surface area (Å²) in [6.45, 7) is 11.4. The normalized spacial score (nSPS) is 12.2. The third kappa shape index (κ3) is 4.18. The summed E-state index contributed by atoms with van der Waals surface area (Å²) in [6.07, 6.45) is 0. The van der Waals surface area contributed by atoms with Crippen molar-refractivity contribution >= 4 is 54.9 Å². The predicted molar refractivity (Wildman–Crippen MR) is 199 cm³/mol. The van der Waals surface area contributed by atoms with Gasteiger partial charge in [0.1, 0.15) is 28.2 Å². The molecule has 6 aromatic carbocycles. The number of benzene rings is 6. The molecular weight excluding hydrogens is 588 g/mol. The lowest BCUT2D eigenvalue weighted by molar-refractivity contribution is 0.663. The van der Waals surface area contributed by atoms with Gasteiger partial charge in [0.05, 0.1) is 27.7 Å². The standard InChI is InChI=1S/C44H36N2O2/c1-25(2)34-23-29(28-14-7-6-8-15-28)24-35(26(3)4)41(34)46-40-27(5)13-11-19-36(40)45-44(46)33-18-12-17-30-31-21-22-38-39(43(31)48-42(30)33)32-16-9-10-20-37(32)47-38/h6-26H,1-5H3. The molecule has 0 radical (unpaired) electrons. The third-order valence-corrected chi connectivity index (χ3v) is 9.87. The fourth-order valence-corrected chi connectivity index (χ4v) is 7.55. The molecule has 0 saturated heterocycles. The fourth-order valence-electron chi connectivity index (χ4n) is 7.55. The van der Waals surface area contributed by atoms with Gasteiger partial charge in [0.15, 0.2) is 0 Å². The maximum absolute atomic E-state index is 6.95. The second-order valence-corrected chi connectivity index (χ2v) is 13.6. The van der Waals surface area contributed by atoms with Crippen molar-refractivity contribution in [3.63, 3.8) is 0 Å². The van der Waals surface area contributed by atoms with Crippen LogP contribution in [0, 0.1) is 6.92 Å². The molecule has 0 aliphatic carbocycles. The van der Waals surface area contributed by atoms with Crippen LogP contribution in [0.25, 0.3) is 83.1 Å². The summed E-state index contributed by atoms with van der Waals surface area (Å²) in [4.78, 5) is 5.41. The van der Waals surface area contributed by atoms with Gasteiger partial charge < -0.3 is 8.83 Å². The summed E-state index contributed by atoms with van der Waals surface area (Å²) in [5.74, 6) is 1.44. The zero-order valence-corrected chi connectivity index (χ0v) is 27.8. The molecule has 9 aromatic rings. The van der Waals surface area contributed by atoms with Crippen molar-refractivity contribution in [2.45, 2.75) is 46.5 Å². The number of para-hydroxylation sites is 3. The molecule has 234 valence electrons. The first-order valence-electron chi connectivity index (χ1n) is 16.9. The fraction of sp³-hybridized carbons (Fsp3) is 0.159. The van der Waals surface area contributed by atoms with Crippen LogP contribution in [0.1, 0.15) is 56.2 Å². The van der Waals surface area contributed by atoms with E-state index in [4.69, 9.17) is 13.8 Å². The zero-order chi connectivity index (χ0) is 32.7. The molecule has 0 atom stereocenters. The maximum Gasteiger partial charge on any atom is 0.149 e. The molecule has 0 saturated carbocycles. The molecule has 4 heteroatoms. The van der Waals surface area contributed by atoms with Crippen LogP contribution in [-0.4, -0.2) is 9.55 Å². The van der Waals surface area contributed by atoms with Gasteiger partial charge in [-0.25, -0.2) is 4.98 Å². The van der Waals surface area contributed by atoms with Gasteiger partial charge in [-0.2, -0.15) is 0 Å². The highest BCUT2D eigenvalue weighted by atomic mass is 16.3.